The second-order valence-corrected chi connectivity index (χ2v) is 6.62. The summed E-state index contributed by atoms with van der Waals surface area (Å²) >= 11 is 6.77. The minimum atomic E-state index is -2.90. The first-order valence-electron chi connectivity index (χ1n) is 4.52. The van der Waals surface area contributed by atoms with E-state index in [2.05, 4.69) is 14.1 Å². The van der Waals surface area contributed by atoms with Crippen LogP contribution in [0.1, 0.15) is 12.8 Å². The Hall–Kier alpha value is -0.400. The van der Waals surface area contributed by atoms with Gasteiger partial charge in [0.15, 0.2) is 20.8 Å². The number of rotatable bonds is 2. The first-order chi connectivity index (χ1) is 7.07. The van der Waals surface area contributed by atoms with Crippen molar-refractivity contribution in [1.82, 2.24) is 8.75 Å². The number of hydrogen-bond acceptors (Lipinski definition) is 6. The smallest absolute Gasteiger partial charge is 0.186 e. The normalized spacial score (nSPS) is 25.0. The lowest BCUT2D eigenvalue weighted by molar-refractivity contribution is 0.561. The van der Waals surface area contributed by atoms with E-state index in [1.165, 1.54) is 0 Å². The highest BCUT2D eigenvalue weighted by Gasteiger charge is 2.25. The highest BCUT2D eigenvalue weighted by atomic mass is 35.5. The van der Waals surface area contributed by atoms with E-state index in [0.29, 0.717) is 17.4 Å². The zero-order valence-electron chi connectivity index (χ0n) is 7.81. The first-order valence-corrected chi connectivity index (χ1v) is 7.45. The molecule has 0 bridgehead atoms. The van der Waals surface area contributed by atoms with Crippen LogP contribution in [0.5, 0.6) is 0 Å². The van der Waals surface area contributed by atoms with Crippen molar-refractivity contribution in [2.24, 2.45) is 0 Å². The SMILES string of the molecule is O=S1(=O)CCCC(Nc2nsnc2Cl)C1. The molecule has 1 N–H and O–H groups in total. The maximum absolute atomic E-state index is 11.4. The number of sulfone groups is 1. The summed E-state index contributed by atoms with van der Waals surface area (Å²) in [5, 5.41) is 3.32. The number of anilines is 1. The summed E-state index contributed by atoms with van der Waals surface area (Å²) in [6, 6.07) is -0.0925. The van der Waals surface area contributed by atoms with E-state index in [4.69, 9.17) is 11.6 Å². The van der Waals surface area contributed by atoms with Crippen LogP contribution in [0.25, 0.3) is 0 Å². The van der Waals surface area contributed by atoms with Gasteiger partial charge in [0.2, 0.25) is 0 Å². The summed E-state index contributed by atoms with van der Waals surface area (Å²) in [6.07, 6.45) is 1.52. The average Bonchev–Trinajstić information content (AvgIpc) is 2.50. The number of nitrogens with one attached hydrogen (secondary N) is 1. The van der Waals surface area contributed by atoms with E-state index >= 15 is 0 Å². The fourth-order valence-electron chi connectivity index (χ4n) is 1.59. The van der Waals surface area contributed by atoms with Crippen LogP contribution in [0.3, 0.4) is 0 Å². The van der Waals surface area contributed by atoms with Gasteiger partial charge in [0.05, 0.1) is 23.2 Å². The van der Waals surface area contributed by atoms with Crippen LogP contribution in [0.4, 0.5) is 5.82 Å². The first kappa shape index (κ1) is 11.1. The highest BCUT2D eigenvalue weighted by Crippen LogP contribution is 2.22. The summed E-state index contributed by atoms with van der Waals surface area (Å²) in [5.41, 5.74) is 0. The van der Waals surface area contributed by atoms with Crippen molar-refractivity contribution < 1.29 is 8.42 Å². The van der Waals surface area contributed by atoms with Gasteiger partial charge in [-0.25, -0.2) is 8.42 Å². The molecule has 2 rings (SSSR count). The number of nitrogens with zero attached hydrogens (tertiary/aromatic N) is 2. The monoisotopic (exact) mass is 267 g/mol. The Labute approximate surface area is 97.1 Å². The van der Waals surface area contributed by atoms with Gasteiger partial charge in [0.1, 0.15) is 0 Å². The van der Waals surface area contributed by atoms with Gasteiger partial charge in [-0.05, 0) is 12.8 Å². The Kier molecular flexibility index (Phi) is 3.13. The lowest BCUT2D eigenvalue weighted by Gasteiger charge is -2.22. The van der Waals surface area contributed by atoms with Gasteiger partial charge in [0.25, 0.3) is 0 Å². The van der Waals surface area contributed by atoms with Gasteiger partial charge in [-0.2, -0.15) is 8.75 Å². The maximum atomic E-state index is 11.4. The summed E-state index contributed by atoms with van der Waals surface area (Å²) in [7, 11) is -2.90. The van der Waals surface area contributed by atoms with Crippen molar-refractivity contribution >= 4 is 39.0 Å². The number of hydrogen-bond donors (Lipinski definition) is 1. The summed E-state index contributed by atoms with van der Waals surface area (Å²) in [5.74, 6) is 0.929. The zero-order valence-corrected chi connectivity index (χ0v) is 10.2. The molecule has 1 aliphatic heterocycles. The van der Waals surface area contributed by atoms with Gasteiger partial charge in [-0.1, -0.05) is 11.6 Å². The van der Waals surface area contributed by atoms with E-state index in [-0.39, 0.29) is 17.5 Å². The maximum Gasteiger partial charge on any atom is 0.186 e. The van der Waals surface area contributed by atoms with E-state index in [0.717, 1.165) is 18.1 Å². The van der Waals surface area contributed by atoms with Crippen LogP contribution in [0.2, 0.25) is 5.15 Å². The van der Waals surface area contributed by atoms with E-state index in [9.17, 15) is 8.42 Å². The van der Waals surface area contributed by atoms with Crippen LogP contribution in [0, 0.1) is 0 Å². The molecule has 1 aromatic heterocycles. The summed E-state index contributed by atoms with van der Waals surface area (Å²) in [4.78, 5) is 0. The minimum absolute atomic E-state index is 0.0925. The molecule has 0 spiro atoms. The van der Waals surface area contributed by atoms with Gasteiger partial charge in [-0.15, -0.1) is 0 Å². The minimum Gasteiger partial charge on any atom is -0.363 e. The molecule has 1 unspecified atom stereocenters. The van der Waals surface area contributed by atoms with Crippen molar-refractivity contribution in [1.29, 1.82) is 0 Å². The Bertz CT molecular complexity index is 445. The summed E-state index contributed by atoms with van der Waals surface area (Å²) < 4.78 is 30.5. The molecular formula is C7H10ClN3O2S2. The molecule has 0 amide bonds. The van der Waals surface area contributed by atoms with Crippen LogP contribution in [0.15, 0.2) is 0 Å². The largest absolute Gasteiger partial charge is 0.363 e. The molecule has 0 aliphatic carbocycles. The zero-order chi connectivity index (χ0) is 10.9. The second-order valence-electron chi connectivity index (χ2n) is 3.50. The Morgan fingerprint density at radius 2 is 2.27 bits per heavy atom. The van der Waals surface area contributed by atoms with Gasteiger partial charge < -0.3 is 5.32 Å². The van der Waals surface area contributed by atoms with E-state index in [1.807, 2.05) is 0 Å². The van der Waals surface area contributed by atoms with E-state index in [1.54, 1.807) is 0 Å². The van der Waals surface area contributed by atoms with Crippen molar-refractivity contribution in [3.8, 4) is 0 Å². The molecule has 8 heteroatoms. The second kappa shape index (κ2) is 4.23. The molecule has 84 valence electrons. The third-order valence-corrected chi connectivity index (χ3v) is 4.97. The number of aromatic nitrogens is 2. The molecule has 1 saturated heterocycles. The third-order valence-electron chi connectivity index (χ3n) is 2.25. The fourth-order valence-corrected chi connectivity index (χ4v) is 3.89. The van der Waals surface area contributed by atoms with Crippen LogP contribution < -0.4 is 5.32 Å². The molecule has 1 aliphatic rings. The van der Waals surface area contributed by atoms with Crippen LogP contribution >= 0.6 is 23.3 Å². The van der Waals surface area contributed by atoms with Crippen molar-refractivity contribution in [2.75, 3.05) is 16.8 Å². The van der Waals surface area contributed by atoms with E-state index < -0.39 is 9.84 Å². The van der Waals surface area contributed by atoms with Gasteiger partial charge in [0, 0.05) is 6.04 Å². The molecule has 5 nitrogen and oxygen atoms in total. The lowest BCUT2D eigenvalue weighted by Crippen LogP contribution is -2.34. The standard InChI is InChI=1S/C7H10ClN3O2S2/c8-6-7(11-14-10-6)9-5-2-1-3-15(12,13)4-5/h5H,1-4H2,(H,9,11). The molecule has 1 fully saturated rings. The van der Waals surface area contributed by atoms with Gasteiger partial charge >= 0.3 is 0 Å². The number of halogens is 1. The third kappa shape index (κ3) is 2.79. The topological polar surface area (TPSA) is 72.0 Å². The highest BCUT2D eigenvalue weighted by molar-refractivity contribution is 7.91. The Morgan fingerprint density at radius 1 is 1.47 bits per heavy atom. The molecule has 0 aromatic carbocycles. The molecule has 0 saturated carbocycles. The molecule has 0 radical (unpaired) electrons. The Balaban J connectivity index is 2.04. The average molecular weight is 268 g/mol. The fraction of sp³-hybridized carbons (Fsp3) is 0.714. The van der Waals surface area contributed by atoms with Crippen molar-refractivity contribution in [2.45, 2.75) is 18.9 Å². The van der Waals surface area contributed by atoms with Crippen LogP contribution in [-0.2, 0) is 9.84 Å². The quantitative estimate of drug-likeness (QED) is 0.871. The molecule has 1 aromatic rings. The lowest BCUT2D eigenvalue weighted by atomic mass is 10.2. The van der Waals surface area contributed by atoms with Crippen LogP contribution in [-0.4, -0.2) is 34.7 Å². The van der Waals surface area contributed by atoms with Gasteiger partial charge in [-0.3, -0.25) is 0 Å². The molecule has 15 heavy (non-hydrogen) atoms. The van der Waals surface area contributed by atoms with Crippen molar-refractivity contribution in [3.05, 3.63) is 5.15 Å². The van der Waals surface area contributed by atoms with Crippen molar-refractivity contribution in [3.63, 3.8) is 0 Å². The molecule has 1 atom stereocenters. The molecule has 2 heterocycles. The predicted octanol–water partition coefficient (Wildman–Crippen LogP) is 1.18. The Morgan fingerprint density at radius 3 is 2.87 bits per heavy atom. The summed E-state index contributed by atoms with van der Waals surface area (Å²) in [6.45, 7) is 0. The molecular weight excluding hydrogens is 258 g/mol. The predicted molar refractivity (Wildman–Crippen MR) is 60.2 cm³/mol.